The summed E-state index contributed by atoms with van der Waals surface area (Å²) in [7, 11) is 0. The summed E-state index contributed by atoms with van der Waals surface area (Å²) in [6.07, 6.45) is 2.48. The fourth-order valence-electron chi connectivity index (χ4n) is 0.934. The molecule has 12 heavy (non-hydrogen) atoms. The molecule has 0 unspecified atom stereocenters. The third-order valence-electron chi connectivity index (χ3n) is 1.64. The number of nitrogens with zero attached hydrogens (tertiary/aromatic N) is 1. The number of nitrogen functional groups attached to an aromatic ring is 1. The van der Waals surface area contributed by atoms with Gasteiger partial charge in [0.2, 0.25) is 0 Å². The molecule has 0 aliphatic rings. The topological polar surface area (TPSA) is 38.9 Å². The first-order valence-electron chi connectivity index (χ1n) is 3.67. The lowest BCUT2D eigenvalue weighted by Gasteiger charge is -2.04. The molecule has 0 saturated carbocycles. The van der Waals surface area contributed by atoms with Crippen molar-refractivity contribution in [3.63, 3.8) is 0 Å². The van der Waals surface area contributed by atoms with E-state index in [9.17, 15) is 0 Å². The Morgan fingerprint density at radius 2 is 2.42 bits per heavy atom. The third kappa shape index (κ3) is 1.77. The zero-order valence-electron chi connectivity index (χ0n) is 6.97. The monoisotopic (exact) mass is 182 g/mol. The second kappa shape index (κ2) is 3.59. The molecule has 0 fully saturated rings. The van der Waals surface area contributed by atoms with Crippen LogP contribution in [0.5, 0.6) is 0 Å². The van der Waals surface area contributed by atoms with E-state index >= 15 is 0 Å². The van der Waals surface area contributed by atoms with Crippen LogP contribution in [0.1, 0.15) is 11.3 Å². The minimum absolute atomic E-state index is 0.515. The van der Waals surface area contributed by atoms with Gasteiger partial charge in [-0.05, 0) is 25.0 Å². The summed E-state index contributed by atoms with van der Waals surface area (Å²) in [5.74, 6) is 0. The van der Waals surface area contributed by atoms with Crippen molar-refractivity contribution in [1.29, 1.82) is 0 Å². The second-order valence-electron chi connectivity index (χ2n) is 2.61. The summed E-state index contributed by atoms with van der Waals surface area (Å²) in [4.78, 5) is 4.08. The molecule has 0 aromatic carbocycles. The fraction of sp³-hybridized carbons (Fsp3) is 0.222. The van der Waals surface area contributed by atoms with Gasteiger partial charge in [0.1, 0.15) is 5.15 Å². The normalized spacial score (nSPS) is 9.83. The molecule has 2 nitrogen and oxygen atoms in total. The Bertz CT molecular complexity index is 308. The van der Waals surface area contributed by atoms with Gasteiger partial charge in [-0.15, -0.1) is 6.58 Å². The molecule has 0 saturated heterocycles. The Morgan fingerprint density at radius 3 is 3.00 bits per heavy atom. The maximum atomic E-state index is 5.87. The Balaban J connectivity index is 3.13. The highest BCUT2D eigenvalue weighted by atomic mass is 35.5. The van der Waals surface area contributed by atoms with Crippen LogP contribution in [0.2, 0.25) is 5.15 Å². The number of aryl methyl sites for hydroxylation is 1. The molecule has 0 spiro atoms. The molecule has 0 radical (unpaired) electrons. The number of allylic oxidation sites excluding steroid dienone is 1. The van der Waals surface area contributed by atoms with Crippen molar-refractivity contribution in [3.05, 3.63) is 35.1 Å². The van der Waals surface area contributed by atoms with Crippen LogP contribution in [0.25, 0.3) is 0 Å². The smallest absolute Gasteiger partial charge is 0.132 e. The van der Waals surface area contributed by atoms with Crippen molar-refractivity contribution < 1.29 is 0 Å². The van der Waals surface area contributed by atoms with E-state index in [4.69, 9.17) is 17.3 Å². The van der Waals surface area contributed by atoms with Crippen LogP contribution in [0.3, 0.4) is 0 Å². The van der Waals surface area contributed by atoms with Gasteiger partial charge in [-0.1, -0.05) is 17.7 Å². The van der Waals surface area contributed by atoms with Crippen LogP contribution in [-0.2, 0) is 6.42 Å². The zero-order valence-corrected chi connectivity index (χ0v) is 7.73. The van der Waals surface area contributed by atoms with Gasteiger partial charge in [-0.2, -0.15) is 0 Å². The Kier molecular flexibility index (Phi) is 2.71. The van der Waals surface area contributed by atoms with Crippen LogP contribution < -0.4 is 5.73 Å². The predicted molar refractivity (Wildman–Crippen MR) is 52.3 cm³/mol. The number of nitrogens with two attached hydrogens (primary N) is 1. The Labute approximate surface area is 77.1 Å². The number of hydrogen-bond donors (Lipinski definition) is 1. The lowest BCUT2D eigenvalue weighted by atomic mass is 10.2. The first-order valence-corrected chi connectivity index (χ1v) is 4.05. The summed E-state index contributed by atoms with van der Waals surface area (Å²) in [5.41, 5.74) is 8.04. The molecule has 0 amide bonds. The van der Waals surface area contributed by atoms with Crippen molar-refractivity contribution in [2.75, 3.05) is 5.73 Å². The zero-order chi connectivity index (χ0) is 9.14. The lowest BCUT2D eigenvalue weighted by Crippen LogP contribution is -1.96. The van der Waals surface area contributed by atoms with Crippen LogP contribution in [0, 0.1) is 6.92 Å². The van der Waals surface area contributed by atoms with E-state index in [0.29, 0.717) is 17.3 Å². The molecular weight excluding hydrogens is 172 g/mol. The van der Waals surface area contributed by atoms with Gasteiger partial charge in [0.05, 0.1) is 11.4 Å². The van der Waals surface area contributed by atoms with Gasteiger partial charge in [0, 0.05) is 0 Å². The quantitative estimate of drug-likeness (QED) is 0.564. The molecule has 1 aromatic heterocycles. The highest BCUT2D eigenvalue weighted by Gasteiger charge is 2.03. The molecule has 0 atom stereocenters. The van der Waals surface area contributed by atoms with Crippen molar-refractivity contribution in [2.45, 2.75) is 13.3 Å². The molecule has 2 N–H and O–H groups in total. The summed E-state index contributed by atoms with van der Waals surface area (Å²) in [5, 5.41) is 0.515. The summed E-state index contributed by atoms with van der Waals surface area (Å²) in [6.45, 7) is 5.45. The van der Waals surface area contributed by atoms with Crippen molar-refractivity contribution in [1.82, 2.24) is 4.98 Å². The Hall–Kier alpha value is -1.02. The van der Waals surface area contributed by atoms with Gasteiger partial charge in [-0.3, -0.25) is 0 Å². The number of aromatic nitrogens is 1. The largest absolute Gasteiger partial charge is 0.397 e. The van der Waals surface area contributed by atoms with E-state index in [0.717, 1.165) is 11.3 Å². The van der Waals surface area contributed by atoms with Crippen LogP contribution >= 0.6 is 11.6 Å². The molecule has 1 heterocycles. The SMILES string of the molecule is C=CCc1cc(N)c(C)nc1Cl. The first-order chi connectivity index (χ1) is 5.65. The second-order valence-corrected chi connectivity index (χ2v) is 2.96. The lowest BCUT2D eigenvalue weighted by molar-refractivity contribution is 1.14. The summed E-state index contributed by atoms with van der Waals surface area (Å²) in [6, 6.07) is 1.84. The van der Waals surface area contributed by atoms with Crippen LogP contribution in [0.4, 0.5) is 5.69 Å². The predicted octanol–water partition coefficient (Wildman–Crippen LogP) is 2.35. The van der Waals surface area contributed by atoms with E-state index in [1.807, 2.05) is 13.0 Å². The van der Waals surface area contributed by atoms with Crippen molar-refractivity contribution >= 4 is 17.3 Å². The van der Waals surface area contributed by atoms with E-state index in [-0.39, 0.29) is 0 Å². The van der Waals surface area contributed by atoms with Crippen molar-refractivity contribution in [3.8, 4) is 0 Å². The highest BCUT2D eigenvalue weighted by Crippen LogP contribution is 2.19. The third-order valence-corrected chi connectivity index (χ3v) is 1.97. The van der Waals surface area contributed by atoms with E-state index in [1.165, 1.54) is 0 Å². The molecule has 0 aliphatic carbocycles. The molecule has 3 heteroatoms. The maximum Gasteiger partial charge on any atom is 0.132 e. The highest BCUT2D eigenvalue weighted by molar-refractivity contribution is 6.30. The maximum absolute atomic E-state index is 5.87. The number of pyridine rings is 1. The van der Waals surface area contributed by atoms with E-state index in [2.05, 4.69) is 11.6 Å². The number of hydrogen-bond acceptors (Lipinski definition) is 2. The minimum Gasteiger partial charge on any atom is -0.397 e. The standard InChI is InChI=1S/C9H11ClN2/c1-3-4-7-5-8(11)6(2)12-9(7)10/h3,5H,1,4,11H2,2H3. The van der Waals surface area contributed by atoms with E-state index < -0.39 is 0 Å². The molecule has 1 aromatic rings. The van der Waals surface area contributed by atoms with Crippen LogP contribution in [-0.4, -0.2) is 4.98 Å². The first kappa shape index (κ1) is 9.07. The van der Waals surface area contributed by atoms with Gasteiger partial charge in [0.15, 0.2) is 0 Å². The average Bonchev–Trinajstić information content (AvgIpc) is 2.01. The minimum atomic E-state index is 0.515. The van der Waals surface area contributed by atoms with E-state index in [1.54, 1.807) is 6.08 Å². The molecule has 64 valence electrons. The molecule has 0 bridgehead atoms. The number of anilines is 1. The van der Waals surface area contributed by atoms with Gasteiger partial charge in [0.25, 0.3) is 0 Å². The summed E-state index contributed by atoms with van der Waals surface area (Å²) < 4.78 is 0. The summed E-state index contributed by atoms with van der Waals surface area (Å²) >= 11 is 5.87. The van der Waals surface area contributed by atoms with Gasteiger partial charge < -0.3 is 5.73 Å². The van der Waals surface area contributed by atoms with Crippen LogP contribution in [0.15, 0.2) is 18.7 Å². The Morgan fingerprint density at radius 1 is 1.75 bits per heavy atom. The molecular formula is C9H11ClN2. The number of halogens is 1. The fourth-order valence-corrected chi connectivity index (χ4v) is 1.19. The average molecular weight is 183 g/mol. The molecule has 1 rings (SSSR count). The van der Waals surface area contributed by atoms with Gasteiger partial charge in [-0.25, -0.2) is 4.98 Å². The van der Waals surface area contributed by atoms with Crippen molar-refractivity contribution in [2.24, 2.45) is 0 Å². The number of rotatable bonds is 2. The molecule has 0 aliphatic heterocycles. The van der Waals surface area contributed by atoms with Gasteiger partial charge >= 0.3 is 0 Å².